The van der Waals surface area contributed by atoms with Gasteiger partial charge in [0.15, 0.2) is 18.9 Å². The normalized spacial score (nSPS) is 44.4. The number of carbonyl (C=O) groups is 1. The first-order valence-electron chi connectivity index (χ1n) is 13.9. The average molecular weight is 646 g/mol. The molecule has 2 saturated heterocycles. The van der Waals surface area contributed by atoms with Crippen LogP contribution in [0, 0.1) is 0 Å². The van der Waals surface area contributed by atoms with Crippen molar-refractivity contribution in [1.29, 1.82) is 0 Å². The Labute approximate surface area is 250 Å². The monoisotopic (exact) mass is 645 g/mol. The van der Waals surface area contributed by atoms with Crippen LogP contribution in [0.5, 0.6) is 0 Å². The largest absolute Gasteiger partial charge is 0.394 e. The van der Waals surface area contributed by atoms with Crippen molar-refractivity contribution >= 4 is 6.29 Å². The van der Waals surface area contributed by atoms with Crippen LogP contribution in [0.1, 0.15) is 6.92 Å². The summed E-state index contributed by atoms with van der Waals surface area (Å²) in [6.07, 6.45) is -26.8. The first-order chi connectivity index (χ1) is 20.7. The first kappa shape index (κ1) is 37.2. The number of aldehydes is 1. The van der Waals surface area contributed by atoms with Gasteiger partial charge in [0.25, 0.3) is 0 Å². The van der Waals surface area contributed by atoms with Gasteiger partial charge in [-0.25, -0.2) is 0 Å². The number of aliphatic hydroxyl groups is 13. The van der Waals surface area contributed by atoms with Gasteiger partial charge in [0.2, 0.25) is 0 Å². The van der Waals surface area contributed by atoms with E-state index in [9.17, 15) is 71.2 Å². The molecular weight excluding hydrogens is 602 g/mol. The molecule has 0 aromatic heterocycles. The molecule has 2 aliphatic heterocycles. The van der Waals surface area contributed by atoms with Crippen LogP contribution in [0.3, 0.4) is 0 Å². The van der Waals surface area contributed by atoms with Crippen molar-refractivity contribution in [2.75, 3.05) is 19.8 Å². The molecule has 3 rings (SSSR count). The zero-order chi connectivity index (χ0) is 33.0. The SMILES string of the molecule is C[C@H]1O[C@H](O[C@@H]2[C@H](O)[C@@H](O)[C@@H](O[C@@H]([C@H](O)[C@@H](O)C=O)[C@H](O)CO)O[C@@H]2CO)[C@H](O)[C@@H](O)[C@@H]1N[C@H]1C=C(CO)[C@@H](O)[C@H](O)[C@H]1O. The smallest absolute Gasteiger partial charge is 0.187 e. The molecule has 44 heavy (non-hydrogen) atoms. The fourth-order valence-electron chi connectivity index (χ4n) is 5.36. The summed E-state index contributed by atoms with van der Waals surface area (Å²) in [5, 5.41) is 135. The average Bonchev–Trinajstić information content (AvgIpc) is 3.02. The zero-order valence-corrected chi connectivity index (χ0v) is 23.5. The van der Waals surface area contributed by atoms with Crippen molar-refractivity contribution in [3.05, 3.63) is 11.6 Å². The van der Waals surface area contributed by atoms with Gasteiger partial charge in [-0.05, 0) is 12.5 Å². The summed E-state index contributed by atoms with van der Waals surface area (Å²) < 4.78 is 22.0. The molecule has 0 radical (unpaired) electrons. The van der Waals surface area contributed by atoms with Crippen LogP contribution in [0.2, 0.25) is 0 Å². The highest BCUT2D eigenvalue weighted by Gasteiger charge is 2.52. The van der Waals surface area contributed by atoms with E-state index >= 15 is 0 Å². The van der Waals surface area contributed by atoms with Crippen LogP contribution in [0.15, 0.2) is 11.6 Å². The third-order valence-electron chi connectivity index (χ3n) is 8.03. The second-order valence-corrected chi connectivity index (χ2v) is 11.0. The van der Waals surface area contributed by atoms with E-state index < -0.39 is 130 Å². The molecule has 0 unspecified atom stereocenters. The summed E-state index contributed by atoms with van der Waals surface area (Å²) >= 11 is 0. The number of ether oxygens (including phenoxy) is 4. The van der Waals surface area contributed by atoms with E-state index in [0.717, 1.165) is 0 Å². The van der Waals surface area contributed by atoms with Gasteiger partial charge in [-0.1, -0.05) is 6.08 Å². The highest BCUT2D eigenvalue weighted by Crippen LogP contribution is 2.31. The third-order valence-corrected chi connectivity index (χ3v) is 8.03. The van der Waals surface area contributed by atoms with Gasteiger partial charge in [0, 0.05) is 0 Å². The number of hydrogen-bond donors (Lipinski definition) is 14. The van der Waals surface area contributed by atoms with Gasteiger partial charge in [-0.2, -0.15) is 0 Å². The Morgan fingerprint density at radius 3 is 2.09 bits per heavy atom. The minimum absolute atomic E-state index is 0.00900. The highest BCUT2D eigenvalue weighted by molar-refractivity contribution is 5.56. The quantitative estimate of drug-likeness (QED) is 0.0653. The summed E-state index contributed by atoms with van der Waals surface area (Å²) in [7, 11) is 0. The number of aliphatic hydroxyl groups excluding tert-OH is 13. The lowest BCUT2D eigenvalue weighted by atomic mass is 9.86. The molecule has 1 aliphatic carbocycles. The van der Waals surface area contributed by atoms with E-state index in [4.69, 9.17) is 18.9 Å². The Morgan fingerprint density at radius 2 is 1.52 bits per heavy atom. The Morgan fingerprint density at radius 1 is 0.886 bits per heavy atom. The van der Waals surface area contributed by atoms with Crippen molar-refractivity contribution in [2.24, 2.45) is 0 Å². The highest BCUT2D eigenvalue weighted by atomic mass is 16.7. The molecule has 19 heteroatoms. The molecule has 14 N–H and O–H groups in total. The van der Waals surface area contributed by atoms with Crippen LogP contribution in [0.25, 0.3) is 0 Å². The number of nitrogens with one attached hydrogen (secondary N) is 1. The molecule has 0 saturated carbocycles. The molecule has 3 aliphatic rings. The molecule has 0 aromatic rings. The predicted molar refractivity (Wildman–Crippen MR) is 139 cm³/mol. The summed E-state index contributed by atoms with van der Waals surface area (Å²) in [6.45, 7) is -1.08. The van der Waals surface area contributed by atoms with E-state index in [0.29, 0.717) is 0 Å². The van der Waals surface area contributed by atoms with Crippen molar-refractivity contribution in [3.63, 3.8) is 0 Å². The molecule has 2 heterocycles. The van der Waals surface area contributed by atoms with Gasteiger partial charge in [-0.15, -0.1) is 0 Å². The van der Waals surface area contributed by atoms with Crippen LogP contribution >= 0.6 is 0 Å². The molecular formula is C25H43NO18. The standard InChI is InChI=1S/C25H43NO18/c1-7-13(26-9-2-8(3-27)14(33)18(37)15(9)34)17(36)20(39)24(41-7)44-23-12(6-30)42-25(21(40)19(23)38)43-22(11(32)5-29)16(35)10(31)4-28/h2,4,7,9-27,29-40H,3,5-6H2,1H3/t7-,9+,10+,11-,12-,13-,14-,15+,16-,17+,18+,19-,20-,21-,22-,23+,24-,25-/m1/s1. The molecule has 0 spiro atoms. The van der Waals surface area contributed by atoms with Crippen molar-refractivity contribution < 1.29 is 90.1 Å². The maximum Gasteiger partial charge on any atom is 0.187 e. The summed E-state index contributed by atoms with van der Waals surface area (Å²) in [5.41, 5.74) is 0.00900. The molecule has 0 amide bonds. The Bertz CT molecular complexity index is 943. The fourth-order valence-corrected chi connectivity index (χ4v) is 5.36. The molecule has 19 nitrogen and oxygen atoms in total. The Hall–Kier alpha value is -1.31. The minimum Gasteiger partial charge on any atom is -0.394 e. The second-order valence-electron chi connectivity index (χ2n) is 11.0. The minimum atomic E-state index is -2.10. The Balaban J connectivity index is 1.71. The van der Waals surface area contributed by atoms with E-state index in [1.54, 1.807) is 0 Å². The van der Waals surface area contributed by atoms with Gasteiger partial charge in [0.1, 0.15) is 79.4 Å². The lowest BCUT2D eigenvalue weighted by molar-refractivity contribution is -0.361. The van der Waals surface area contributed by atoms with Gasteiger partial charge in [0.05, 0.1) is 38.0 Å². The van der Waals surface area contributed by atoms with Crippen molar-refractivity contribution in [2.45, 2.75) is 117 Å². The van der Waals surface area contributed by atoms with Gasteiger partial charge < -0.3 is 95.4 Å². The first-order valence-corrected chi connectivity index (χ1v) is 13.9. The lowest BCUT2D eigenvalue weighted by Crippen LogP contribution is -2.68. The molecule has 18 atom stereocenters. The Kier molecular flexibility index (Phi) is 13.5. The number of hydrogen-bond acceptors (Lipinski definition) is 19. The molecule has 256 valence electrons. The summed E-state index contributed by atoms with van der Waals surface area (Å²) in [4.78, 5) is 10.9. The topological polar surface area (TPSA) is 329 Å². The van der Waals surface area contributed by atoms with Crippen molar-refractivity contribution in [3.8, 4) is 0 Å². The predicted octanol–water partition coefficient (Wildman–Crippen LogP) is -8.72. The summed E-state index contributed by atoms with van der Waals surface area (Å²) in [5.74, 6) is 0. The maximum atomic E-state index is 10.9. The number of rotatable bonds is 13. The summed E-state index contributed by atoms with van der Waals surface area (Å²) in [6, 6.07) is -2.21. The van der Waals surface area contributed by atoms with E-state index in [2.05, 4.69) is 5.32 Å². The van der Waals surface area contributed by atoms with Gasteiger partial charge in [-0.3, -0.25) is 0 Å². The van der Waals surface area contributed by atoms with Crippen LogP contribution in [-0.2, 0) is 23.7 Å². The molecule has 2 fully saturated rings. The van der Waals surface area contributed by atoms with Crippen LogP contribution < -0.4 is 5.32 Å². The fraction of sp³-hybridized carbons (Fsp3) is 0.880. The maximum absolute atomic E-state index is 10.9. The van der Waals surface area contributed by atoms with Crippen LogP contribution in [0.4, 0.5) is 0 Å². The van der Waals surface area contributed by atoms with Gasteiger partial charge >= 0.3 is 0 Å². The van der Waals surface area contributed by atoms with Crippen LogP contribution in [-0.4, -0.2) is 203 Å². The lowest BCUT2D eigenvalue weighted by Gasteiger charge is -2.48. The van der Waals surface area contributed by atoms with E-state index in [1.807, 2.05) is 0 Å². The van der Waals surface area contributed by atoms with E-state index in [-0.39, 0.29) is 11.9 Å². The third kappa shape index (κ3) is 7.79. The molecule has 0 bridgehead atoms. The number of carbonyl (C=O) groups excluding carboxylic acids is 1. The second kappa shape index (κ2) is 16.0. The van der Waals surface area contributed by atoms with Crippen molar-refractivity contribution in [1.82, 2.24) is 5.32 Å². The molecule has 0 aromatic carbocycles. The van der Waals surface area contributed by atoms with E-state index in [1.165, 1.54) is 13.0 Å². The zero-order valence-electron chi connectivity index (χ0n) is 23.5.